The Kier molecular flexibility index (Phi) is 5.48. The molecule has 0 bridgehead atoms. The lowest BCUT2D eigenvalue weighted by atomic mass is 10.1. The van der Waals surface area contributed by atoms with Crippen LogP contribution in [0.3, 0.4) is 0 Å². The second-order valence-corrected chi connectivity index (χ2v) is 7.59. The number of aryl methyl sites for hydroxylation is 2. The van der Waals surface area contributed by atoms with Crippen LogP contribution in [0.2, 0.25) is 0 Å². The smallest absolute Gasteiger partial charge is 0.227 e. The van der Waals surface area contributed by atoms with Gasteiger partial charge in [-0.25, -0.2) is 19.3 Å². The SMILES string of the molecule is Cc1nc(N2CCN(C(=O)Cc3ccc(F)cc3)CC2)cc(-n2cnc(C)c2C)n1. The van der Waals surface area contributed by atoms with Crippen LogP contribution in [0, 0.1) is 26.6 Å². The van der Waals surface area contributed by atoms with Gasteiger partial charge in [-0.2, -0.15) is 0 Å². The highest BCUT2D eigenvalue weighted by atomic mass is 19.1. The Morgan fingerprint density at radius 2 is 1.67 bits per heavy atom. The number of carbonyl (C=O) groups excluding carboxylic acids is 1. The molecule has 156 valence electrons. The van der Waals surface area contributed by atoms with Crippen LogP contribution in [0.5, 0.6) is 0 Å². The Hall–Kier alpha value is -3.29. The Bertz CT molecular complexity index is 1050. The minimum absolute atomic E-state index is 0.0605. The van der Waals surface area contributed by atoms with Crippen molar-refractivity contribution in [2.75, 3.05) is 31.1 Å². The van der Waals surface area contributed by atoms with Gasteiger partial charge in [-0.15, -0.1) is 0 Å². The van der Waals surface area contributed by atoms with Gasteiger partial charge in [0.2, 0.25) is 5.91 Å². The number of aromatic nitrogens is 4. The van der Waals surface area contributed by atoms with E-state index in [-0.39, 0.29) is 18.1 Å². The summed E-state index contributed by atoms with van der Waals surface area (Å²) in [7, 11) is 0. The van der Waals surface area contributed by atoms with Gasteiger partial charge in [0.15, 0.2) is 0 Å². The van der Waals surface area contributed by atoms with Crippen molar-refractivity contribution in [2.45, 2.75) is 27.2 Å². The molecule has 3 heterocycles. The summed E-state index contributed by atoms with van der Waals surface area (Å²) >= 11 is 0. The molecule has 30 heavy (non-hydrogen) atoms. The number of nitrogens with zero attached hydrogens (tertiary/aromatic N) is 6. The highest BCUT2D eigenvalue weighted by Gasteiger charge is 2.23. The summed E-state index contributed by atoms with van der Waals surface area (Å²) in [5, 5.41) is 0. The minimum atomic E-state index is -0.291. The van der Waals surface area contributed by atoms with E-state index in [1.807, 2.05) is 36.3 Å². The highest BCUT2D eigenvalue weighted by molar-refractivity contribution is 5.79. The number of piperazine rings is 1. The molecule has 1 aliphatic heterocycles. The number of carbonyl (C=O) groups is 1. The van der Waals surface area contributed by atoms with Gasteiger partial charge >= 0.3 is 0 Å². The fraction of sp³-hybridized carbons (Fsp3) is 0.364. The van der Waals surface area contributed by atoms with E-state index in [2.05, 4.69) is 19.9 Å². The first-order valence-corrected chi connectivity index (χ1v) is 10.0. The summed E-state index contributed by atoms with van der Waals surface area (Å²) in [4.78, 5) is 30.2. The summed E-state index contributed by atoms with van der Waals surface area (Å²) < 4.78 is 15.0. The fourth-order valence-electron chi connectivity index (χ4n) is 3.63. The van der Waals surface area contributed by atoms with Crippen molar-refractivity contribution in [1.29, 1.82) is 0 Å². The Morgan fingerprint density at radius 3 is 2.30 bits per heavy atom. The van der Waals surface area contributed by atoms with Gasteiger partial charge in [-0.1, -0.05) is 12.1 Å². The van der Waals surface area contributed by atoms with E-state index in [9.17, 15) is 9.18 Å². The monoisotopic (exact) mass is 408 g/mol. The molecule has 1 aromatic carbocycles. The third-order valence-electron chi connectivity index (χ3n) is 5.53. The molecule has 0 spiro atoms. The zero-order valence-electron chi connectivity index (χ0n) is 17.5. The average molecular weight is 408 g/mol. The van der Waals surface area contributed by atoms with Crippen molar-refractivity contribution >= 4 is 11.7 Å². The highest BCUT2D eigenvalue weighted by Crippen LogP contribution is 2.20. The second-order valence-electron chi connectivity index (χ2n) is 7.59. The average Bonchev–Trinajstić information content (AvgIpc) is 3.08. The maximum atomic E-state index is 13.1. The van der Waals surface area contributed by atoms with E-state index < -0.39 is 0 Å². The Balaban J connectivity index is 1.43. The van der Waals surface area contributed by atoms with Crippen molar-refractivity contribution in [3.8, 4) is 5.82 Å². The predicted octanol–water partition coefficient (Wildman–Crippen LogP) is 2.62. The van der Waals surface area contributed by atoms with Gasteiger partial charge in [0.05, 0.1) is 12.1 Å². The largest absolute Gasteiger partial charge is 0.353 e. The van der Waals surface area contributed by atoms with Gasteiger partial charge in [0.25, 0.3) is 0 Å². The molecule has 0 N–H and O–H groups in total. The third kappa shape index (κ3) is 4.17. The van der Waals surface area contributed by atoms with Gasteiger partial charge in [-0.05, 0) is 38.5 Å². The van der Waals surface area contributed by atoms with Crippen molar-refractivity contribution in [2.24, 2.45) is 0 Å². The maximum absolute atomic E-state index is 13.1. The third-order valence-corrected chi connectivity index (χ3v) is 5.53. The second kappa shape index (κ2) is 8.22. The lowest BCUT2D eigenvalue weighted by Gasteiger charge is -2.35. The summed E-state index contributed by atoms with van der Waals surface area (Å²) in [6.45, 7) is 8.53. The number of benzene rings is 1. The first kappa shape index (κ1) is 20.0. The number of hydrogen-bond acceptors (Lipinski definition) is 5. The van der Waals surface area contributed by atoms with E-state index in [0.29, 0.717) is 32.0 Å². The fourth-order valence-corrected chi connectivity index (χ4v) is 3.63. The number of imidazole rings is 1. The molecule has 1 aliphatic rings. The summed E-state index contributed by atoms with van der Waals surface area (Å²) in [5.74, 6) is 2.12. The Labute approximate surface area is 175 Å². The molecule has 1 saturated heterocycles. The minimum Gasteiger partial charge on any atom is -0.353 e. The molecule has 0 saturated carbocycles. The van der Waals surface area contributed by atoms with Gasteiger partial charge in [0, 0.05) is 37.9 Å². The van der Waals surface area contributed by atoms with Crippen LogP contribution in [0.25, 0.3) is 5.82 Å². The quantitative estimate of drug-likeness (QED) is 0.664. The maximum Gasteiger partial charge on any atom is 0.227 e. The molecule has 3 aromatic rings. The van der Waals surface area contributed by atoms with Gasteiger partial charge in [-0.3, -0.25) is 9.36 Å². The Morgan fingerprint density at radius 1 is 1.00 bits per heavy atom. The topological polar surface area (TPSA) is 67.2 Å². The standard InChI is InChI=1S/C22H25FN6O/c1-15-16(2)29(14-24-15)21-13-20(25-17(3)26-21)27-8-10-28(11-9-27)22(30)12-18-4-6-19(23)7-5-18/h4-7,13-14H,8-12H2,1-3H3. The first-order valence-electron chi connectivity index (χ1n) is 10.0. The van der Waals surface area contributed by atoms with Crippen LogP contribution in [-0.4, -0.2) is 56.5 Å². The molecule has 0 atom stereocenters. The van der Waals surface area contributed by atoms with Crippen molar-refractivity contribution in [3.63, 3.8) is 0 Å². The molecular formula is C22H25FN6O. The lowest BCUT2D eigenvalue weighted by molar-refractivity contribution is -0.130. The van der Waals surface area contributed by atoms with E-state index in [1.165, 1.54) is 12.1 Å². The first-order chi connectivity index (χ1) is 14.4. The molecule has 1 amide bonds. The van der Waals surface area contributed by atoms with E-state index in [0.717, 1.165) is 28.6 Å². The number of anilines is 1. The van der Waals surface area contributed by atoms with Crippen LogP contribution in [-0.2, 0) is 11.2 Å². The molecule has 4 rings (SSSR count). The summed E-state index contributed by atoms with van der Waals surface area (Å²) in [6, 6.07) is 8.07. The van der Waals surface area contributed by atoms with E-state index in [4.69, 9.17) is 0 Å². The molecule has 0 aliphatic carbocycles. The molecule has 0 unspecified atom stereocenters. The van der Waals surface area contributed by atoms with Crippen molar-refractivity contribution < 1.29 is 9.18 Å². The van der Waals surface area contributed by atoms with Crippen LogP contribution in [0.4, 0.5) is 10.2 Å². The summed E-state index contributed by atoms with van der Waals surface area (Å²) in [5.41, 5.74) is 2.85. The van der Waals surface area contributed by atoms with E-state index >= 15 is 0 Å². The lowest BCUT2D eigenvalue weighted by Crippen LogP contribution is -2.49. The normalized spacial score (nSPS) is 14.3. The number of hydrogen-bond donors (Lipinski definition) is 0. The predicted molar refractivity (Wildman–Crippen MR) is 112 cm³/mol. The van der Waals surface area contributed by atoms with Gasteiger partial charge in [0.1, 0.15) is 29.6 Å². The van der Waals surface area contributed by atoms with Crippen LogP contribution in [0.1, 0.15) is 22.8 Å². The van der Waals surface area contributed by atoms with Gasteiger partial charge < -0.3 is 9.80 Å². The van der Waals surface area contributed by atoms with Crippen LogP contribution >= 0.6 is 0 Å². The zero-order chi connectivity index (χ0) is 21.3. The van der Waals surface area contributed by atoms with Crippen molar-refractivity contribution in [1.82, 2.24) is 24.4 Å². The number of halogens is 1. The summed E-state index contributed by atoms with van der Waals surface area (Å²) in [6.07, 6.45) is 2.07. The van der Waals surface area contributed by atoms with Crippen molar-refractivity contribution in [3.05, 3.63) is 65.3 Å². The van der Waals surface area contributed by atoms with E-state index in [1.54, 1.807) is 18.5 Å². The molecule has 8 heteroatoms. The number of rotatable bonds is 4. The number of amides is 1. The molecule has 7 nitrogen and oxygen atoms in total. The molecule has 1 fully saturated rings. The molecule has 2 aromatic heterocycles. The van der Waals surface area contributed by atoms with Crippen LogP contribution in [0.15, 0.2) is 36.7 Å². The van der Waals surface area contributed by atoms with Crippen LogP contribution < -0.4 is 4.90 Å². The zero-order valence-corrected chi connectivity index (χ0v) is 17.5. The molecular weight excluding hydrogens is 383 g/mol. The molecule has 0 radical (unpaired) electrons.